The zero-order valence-electron chi connectivity index (χ0n) is 13.0. The summed E-state index contributed by atoms with van der Waals surface area (Å²) in [5, 5.41) is 11.3. The molecule has 0 bridgehead atoms. The Balaban J connectivity index is 0.00000208. The first-order valence-electron chi connectivity index (χ1n) is 7.55. The summed E-state index contributed by atoms with van der Waals surface area (Å²) in [5.74, 6) is -0.0123. The number of nitrogens with zero attached hydrogens (tertiary/aromatic N) is 2. The van der Waals surface area contributed by atoms with E-state index in [1.807, 2.05) is 30.5 Å². The lowest BCUT2D eigenvalue weighted by atomic mass is 9.87. The lowest BCUT2D eigenvalue weighted by Gasteiger charge is -2.36. The van der Waals surface area contributed by atoms with Gasteiger partial charge in [-0.3, -0.25) is 9.48 Å². The molecule has 1 fully saturated rings. The molecule has 5 nitrogen and oxygen atoms in total. The van der Waals surface area contributed by atoms with Gasteiger partial charge in [0.2, 0.25) is 5.91 Å². The van der Waals surface area contributed by atoms with E-state index in [2.05, 4.69) is 31.7 Å². The molecule has 24 heavy (non-hydrogen) atoms. The van der Waals surface area contributed by atoms with Gasteiger partial charge in [0.15, 0.2) is 0 Å². The summed E-state index contributed by atoms with van der Waals surface area (Å²) in [6.45, 7) is 2.00. The summed E-state index contributed by atoms with van der Waals surface area (Å²) < 4.78 is 2.70. The lowest BCUT2D eigenvalue weighted by molar-refractivity contribution is -0.132. The standard InChI is InChI=1S/C16H18BrClN4O.ClH/c17-13-3-2-12(14(18)10-13)11-20-15(23)16(4-7-19-8-5-16)22-9-1-6-21-22;/h1-3,6,9-10,19H,4-5,7-8,11H2,(H,20,23);1H. The van der Waals surface area contributed by atoms with Gasteiger partial charge in [-0.15, -0.1) is 12.4 Å². The lowest BCUT2D eigenvalue weighted by Crippen LogP contribution is -2.54. The molecule has 1 saturated heterocycles. The van der Waals surface area contributed by atoms with E-state index in [1.165, 1.54) is 0 Å². The maximum atomic E-state index is 12.9. The van der Waals surface area contributed by atoms with Crippen LogP contribution in [0.5, 0.6) is 0 Å². The molecular weight excluding hydrogens is 415 g/mol. The topological polar surface area (TPSA) is 59.0 Å². The second kappa shape index (κ2) is 8.34. The summed E-state index contributed by atoms with van der Waals surface area (Å²) in [5.41, 5.74) is 0.268. The molecule has 8 heteroatoms. The highest BCUT2D eigenvalue weighted by Gasteiger charge is 2.41. The monoisotopic (exact) mass is 432 g/mol. The molecule has 0 saturated carbocycles. The fraction of sp³-hybridized carbons (Fsp3) is 0.375. The normalized spacial score (nSPS) is 16.2. The SMILES string of the molecule is Cl.O=C(NCc1ccc(Br)cc1Cl)C1(n2cccn2)CCNCC1. The number of rotatable bonds is 4. The number of benzene rings is 1. The van der Waals surface area contributed by atoms with Crippen molar-refractivity contribution in [2.45, 2.75) is 24.9 Å². The Morgan fingerprint density at radius 2 is 2.17 bits per heavy atom. The van der Waals surface area contributed by atoms with Crippen molar-refractivity contribution in [3.8, 4) is 0 Å². The zero-order chi connectivity index (χ0) is 16.3. The average Bonchev–Trinajstić information content (AvgIpc) is 3.09. The number of amides is 1. The van der Waals surface area contributed by atoms with E-state index < -0.39 is 5.54 Å². The first-order valence-corrected chi connectivity index (χ1v) is 8.72. The highest BCUT2D eigenvalue weighted by atomic mass is 79.9. The fourth-order valence-electron chi connectivity index (χ4n) is 2.93. The number of piperidine rings is 1. The van der Waals surface area contributed by atoms with Crippen LogP contribution in [0.3, 0.4) is 0 Å². The van der Waals surface area contributed by atoms with E-state index in [4.69, 9.17) is 11.6 Å². The van der Waals surface area contributed by atoms with E-state index in [9.17, 15) is 4.79 Å². The van der Waals surface area contributed by atoms with Crippen molar-refractivity contribution in [1.29, 1.82) is 0 Å². The second-order valence-electron chi connectivity index (χ2n) is 5.65. The van der Waals surface area contributed by atoms with Crippen molar-refractivity contribution in [1.82, 2.24) is 20.4 Å². The van der Waals surface area contributed by atoms with Crippen LogP contribution >= 0.6 is 39.9 Å². The molecule has 0 spiro atoms. The van der Waals surface area contributed by atoms with E-state index in [0.717, 1.165) is 23.1 Å². The molecule has 0 radical (unpaired) electrons. The number of carbonyl (C=O) groups excluding carboxylic acids is 1. The van der Waals surface area contributed by atoms with Crippen molar-refractivity contribution >= 4 is 45.8 Å². The molecule has 2 N–H and O–H groups in total. The Kier molecular flexibility index (Phi) is 6.69. The van der Waals surface area contributed by atoms with Crippen molar-refractivity contribution < 1.29 is 4.79 Å². The van der Waals surface area contributed by atoms with Crippen LogP contribution in [0.1, 0.15) is 18.4 Å². The van der Waals surface area contributed by atoms with Crippen LogP contribution in [0.25, 0.3) is 0 Å². The van der Waals surface area contributed by atoms with Crippen molar-refractivity contribution in [3.05, 3.63) is 51.7 Å². The van der Waals surface area contributed by atoms with Gasteiger partial charge in [-0.1, -0.05) is 33.6 Å². The summed E-state index contributed by atoms with van der Waals surface area (Å²) in [6, 6.07) is 7.51. The molecule has 0 atom stereocenters. The van der Waals surface area contributed by atoms with Gasteiger partial charge in [-0.05, 0) is 49.7 Å². The Morgan fingerprint density at radius 1 is 1.42 bits per heavy atom. The molecule has 1 aromatic carbocycles. The van der Waals surface area contributed by atoms with Gasteiger partial charge in [-0.25, -0.2) is 0 Å². The maximum Gasteiger partial charge on any atom is 0.248 e. The molecule has 1 aromatic heterocycles. The van der Waals surface area contributed by atoms with Crippen molar-refractivity contribution in [3.63, 3.8) is 0 Å². The highest BCUT2D eigenvalue weighted by molar-refractivity contribution is 9.10. The van der Waals surface area contributed by atoms with Crippen LogP contribution < -0.4 is 10.6 Å². The Morgan fingerprint density at radius 3 is 2.79 bits per heavy atom. The van der Waals surface area contributed by atoms with Crippen LogP contribution in [0, 0.1) is 0 Å². The second-order valence-corrected chi connectivity index (χ2v) is 6.97. The molecule has 2 heterocycles. The minimum absolute atomic E-state index is 0. The number of nitrogens with one attached hydrogen (secondary N) is 2. The third-order valence-corrected chi connectivity index (χ3v) is 5.10. The molecule has 1 aliphatic rings. The van der Waals surface area contributed by atoms with Crippen molar-refractivity contribution in [2.75, 3.05) is 13.1 Å². The van der Waals surface area contributed by atoms with Gasteiger partial charge in [0.25, 0.3) is 0 Å². The third kappa shape index (κ3) is 3.94. The van der Waals surface area contributed by atoms with Gasteiger partial charge in [0.05, 0.1) is 0 Å². The Labute approximate surface area is 160 Å². The Bertz CT molecular complexity index is 687. The highest BCUT2D eigenvalue weighted by Crippen LogP contribution is 2.28. The Hall–Kier alpha value is -1.08. The number of hydrogen-bond donors (Lipinski definition) is 2. The van der Waals surface area contributed by atoms with E-state index >= 15 is 0 Å². The van der Waals surface area contributed by atoms with Gasteiger partial charge in [0, 0.05) is 28.4 Å². The first kappa shape index (κ1) is 19.2. The molecule has 130 valence electrons. The number of carbonyl (C=O) groups is 1. The number of aromatic nitrogens is 2. The number of halogens is 3. The molecule has 0 unspecified atom stereocenters. The van der Waals surface area contributed by atoms with Gasteiger partial charge >= 0.3 is 0 Å². The quantitative estimate of drug-likeness (QED) is 0.778. The predicted octanol–water partition coefficient (Wildman–Crippen LogP) is 3.12. The first-order chi connectivity index (χ1) is 11.1. The summed E-state index contributed by atoms with van der Waals surface area (Å²) in [6.07, 6.45) is 5.00. The van der Waals surface area contributed by atoms with Crippen LogP contribution in [-0.4, -0.2) is 28.8 Å². The molecular formula is C16H19BrCl2N4O. The molecule has 1 amide bonds. The maximum absolute atomic E-state index is 12.9. The molecule has 1 aliphatic heterocycles. The van der Waals surface area contributed by atoms with Crippen molar-refractivity contribution in [2.24, 2.45) is 0 Å². The molecule has 0 aliphatic carbocycles. The zero-order valence-corrected chi connectivity index (χ0v) is 16.1. The van der Waals surface area contributed by atoms with Gasteiger partial charge < -0.3 is 10.6 Å². The minimum atomic E-state index is -0.628. The van der Waals surface area contributed by atoms with Gasteiger partial charge in [-0.2, -0.15) is 5.10 Å². The van der Waals surface area contributed by atoms with Gasteiger partial charge in [0.1, 0.15) is 5.54 Å². The van der Waals surface area contributed by atoms with Crippen LogP contribution in [0.15, 0.2) is 41.1 Å². The van der Waals surface area contributed by atoms with Crippen LogP contribution in [0.4, 0.5) is 0 Å². The smallest absolute Gasteiger partial charge is 0.248 e. The minimum Gasteiger partial charge on any atom is -0.350 e. The van der Waals surface area contributed by atoms with Crippen LogP contribution in [0.2, 0.25) is 5.02 Å². The largest absolute Gasteiger partial charge is 0.350 e. The fourth-order valence-corrected chi connectivity index (χ4v) is 3.67. The summed E-state index contributed by atoms with van der Waals surface area (Å²) >= 11 is 9.61. The summed E-state index contributed by atoms with van der Waals surface area (Å²) in [4.78, 5) is 12.9. The molecule has 2 aromatic rings. The summed E-state index contributed by atoms with van der Waals surface area (Å²) in [7, 11) is 0. The molecule has 3 rings (SSSR count). The average molecular weight is 434 g/mol. The van der Waals surface area contributed by atoms with Crippen LogP contribution in [-0.2, 0) is 16.9 Å². The van der Waals surface area contributed by atoms with E-state index in [1.54, 1.807) is 10.9 Å². The predicted molar refractivity (Wildman–Crippen MR) is 101 cm³/mol. The third-order valence-electron chi connectivity index (χ3n) is 4.25. The van der Waals surface area contributed by atoms with E-state index in [0.29, 0.717) is 24.4 Å². The number of hydrogen-bond acceptors (Lipinski definition) is 3. The van der Waals surface area contributed by atoms with E-state index in [-0.39, 0.29) is 18.3 Å².